The molecule has 0 bridgehead atoms. The van der Waals surface area contributed by atoms with Gasteiger partial charge >= 0.3 is 6.09 Å². The molecule has 1 aromatic heterocycles. The second-order valence-corrected chi connectivity index (χ2v) is 5.77. The van der Waals surface area contributed by atoms with Crippen molar-refractivity contribution in [2.75, 3.05) is 0 Å². The Morgan fingerprint density at radius 3 is 2.88 bits per heavy atom. The van der Waals surface area contributed by atoms with Crippen molar-refractivity contribution in [3.8, 4) is 0 Å². The number of cyclic esters (lactones) is 1. The van der Waals surface area contributed by atoms with Crippen molar-refractivity contribution in [1.29, 1.82) is 0 Å². The zero-order valence-corrected chi connectivity index (χ0v) is 13.9. The molecule has 2 atom stereocenters. The highest BCUT2D eigenvalue weighted by molar-refractivity contribution is 5.76. The smallest absolute Gasteiger partial charge is 0.408 e. The lowest BCUT2D eigenvalue weighted by atomic mass is 9.94. The molecule has 2 heterocycles. The van der Waals surface area contributed by atoms with Crippen LogP contribution in [0.5, 0.6) is 0 Å². The summed E-state index contributed by atoms with van der Waals surface area (Å²) in [6.07, 6.45) is 6.94. The van der Waals surface area contributed by atoms with Gasteiger partial charge in [-0.15, -0.1) is 0 Å². The molecule has 6 heteroatoms. The number of ether oxygens (including phenoxy) is 1. The van der Waals surface area contributed by atoms with E-state index in [9.17, 15) is 9.18 Å². The number of hydrogen-bond donors (Lipinski definition) is 2. The van der Waals surface area contributed by atoms with Crippen LogP contribution in [0.1, 0.15) is 17.2 Å². The number of pyridine rings is 1. The molecule has 132 valence electrons. The van der Waals surface area contributed by atoms with Crippen molar-refractivity contribution < 1.29 is 13.9 Å². The first kappa shape index (κ1) is 17.4. The van der Waals surface area contributed by atoms with Crippen LogP contribution in [-0.4, -0.2) is 17.1 Å². The molecule has 1 aromatic carbocycles. The molecule has 3 N–H and O–H groups in total. The monoisotopic (exact) mass is 351 g/mol. The predicted molar refractivity (Wildman–Crippen MR) is 97.2 cm³/mol. The topological polar surface area (TPSA) is 77.2 Å². The van der Waals surface area contributed by atoms with Gasteiger partial charge in [-0.25, -0.2) is 9.18 Å². The van der Waals surface area contributed by atoms with E-state index < -0.39 is 24.1 Å². The molecule has 3 rings (SSSR count). The second kappa shape index (κ2) is 7.65. The maximum atomic E-state index is 13.6. The summed E-state index contributed by atoms with van der Waals surface area (Å²) in [7, 11) is 0. The molecule has 1 fully saturated rings. The van der Waals surface area contributed by atoms with Crippen LogP contribution >= 0.6 is 0 Å². The third kappa shape index (κ3) is 3.80. The van der Waals surface area contributed by atoms with Crippen LogP contribution in [0.4, 0.5) is 9.18 Å². The van der Waals surface area contributed by atoms with Crippen molar-refractivity contribution in [1.82, 2.24) is 10.3 Å². The molecule has 0 spiro atoms. The van der Waals surface area contributed by atoms with Gasteiger partial charge in [0.25, 0.3) is 0 Å². The minimum atomic E-state index is -0.678. The molecular formula is C20H18FN3O2. The number of carbonyl (C=O) groups is 1. The lowest BCUT2D eigenvalue weighted by Crippen LogP contribution is -2.29. The number of hydrogen-bond acceptors (Lipinski definition) is 4. The quantitative estimate of drug-likeness (QED) is 0.809. The Hall–Kier alpha value is -3.41. The Labute approximate surface area is 150 Å². The summed E-state index contributed by atoms with van der Waals surface area (Å²) >= 11 is 0. The Morgan fingerprint density at radius 1 is 1.35 bits per heavy atom. The summed E-state index contributed by atoms with van der Waals surface area (Å²) in [5.74, 6) is -0.399. The number of benzene rings is 1. The fourth-order valence-electron chi connectivity index (χ4n) is 2.81. The summed E-state index contributed by atoms with van der Waals surface area (Å²) < 4.78 is 19.0. The Kier molecular flexibility index (Phi) is 5.12. The van der Waals surface area contributed by atoms with E-state index in [1.54, 1.807) is 36.7 Å². The maximum absolute atomic E-state index is 13.6. The standard InChI is InChI=1S/C20H18FN3O2/c1-13(16-5-3-9-23-12-16)10-14(7-8-22)18-19(26-20(25)24-18)15-4-2-6-17(21)11-15/h2-12,18-19H,1,22H2,(H,24,25)/b8-7-,14-10+/t18-,19-/m1/s1. The number of rotatable bonds is 5. The van der Waals surface area contributed by atoms with Crippen LogP contribution < -0.4 is 11.1 Å². The number of nitrogens with zero attached hydrogens (tertiary/aromatic N) is 1. The molecule has 1 saturated heterocycles. The lowest BCUT2D eigenvalue weighted by Gasteiger charge is -2.19. The molecule has 0 unspecified atom stereocenters. The highest BCUT2D eigenvalue weighted by atomic mass is 19.1. The SMILES string of the molecule is C=C(/C=C(\C=C/N)[C@H]1NC(=O)O[C@@H]1c1cccc(F)c1)c1cccnc1. The van der Waals surface area contributed by atoms with Crippen LogP contribution in [0, 0.1) is 5.82 Å². The molecule has 1 aliphatic rings. The van der Waals surface area contributed by atoms with Crippen LogP contribution in [0.25, 0.3) is 5.57 Å². The molecule has 1 aliphatic heterocycles. The van der Waals surface area contributed by atoms with Gasteiger partial charge in [-0.1, -0.05) is 24.8 Å². The summed E-state index contributed by atoms with van der Waals surface area (Å²) in [6, 6.07) is 9.12. The Morgan fingerprint density at radius 2 is 2.19 bits per heavy atom. The highest BCUT2D eigenvalue weighted by Gasteiger charge is 2.37. The number of nitrogens with one attached hydrogen (secondary N) is 1. The third-order valence-corrected chi connectivity index (χ3v) is 4.01. The minimum Gasteiger partial charge on any atom is -0.439 e. The van der Waals surface area contributed by atoms with E-state index in [0.29, 0.717) is 16.7 Å². The van der Waals surface area contributed by atoms with Gasteiger partial charge in [0.05, 0.1) is 6.04 Å². The lowest BCUT2D eigenvalue weighted by molar-refractivity contribution is 0.135. The first-order valence-electron chi connectivity index (χ1n) is 8.00. The predicted octanol–water partition coefficient (Wildman–Crippen LogP) is 3.48. The third-order valence-electron chi connectivity index (χ3n) is 4.01. The second-order valence-electron chi connectivity index (χ2n) is 5.77. The zero-order valence-electron chi connectivity index (χ0n) is 13.9. The van der Waals surface area contributed by atoms with Gasteiger partial charge in [0.15, 0.2) is 6.10 Å². The first-order valence-corrected chi connectivity index (χ1v) is 8.00. The number of aromatic nitrogens is 1. The van der Waals surface area contributed by atoms with Crippen LogP contribution in [0.2, 0.25) is 0 Å². The average molecular weight is 351 g/mol. The first-order chi connectivity index (χ1) is 12.6. The van der Waals surface area contributed by atoms with Crippen molar-refractivity contribution in [2.24, 2.45) is 5.73 Å². The fourth-order valence-corrected chi connectivity index (χ4v) is 2.81. The number of allylic oxidation sites excluding steroid dienone is 2. The Balaban J connectivity index is 1.96. The molecule has 0 aliphatic carbocycles. The van der Waals surface area contributed by atoms with E-state index >= 15 is 0 Å². The van der Waals surface area contributed by atoms with E-state index in [0.717, 1.165) is 5.56 Å². The number of nitrogens with two attached hydrogens (primary N) is 1. The molecular weight excluding hydrogens is 333 g/mol. The minimum absolute atomic E-state index is 0.399. The van der Waals surface area contributed by atoms with Gasteiger partial charge in [0, 0.05) is 12.4 Å². The van der Waals surface area contributed by atoms with Gasteiger partial charge in [-0.05, 0) is 58.8 Å². The number of amides is 1. The zero-order chi connectivity index (χ0) is 18.5. The fraction of sp³-hybridized carbons (Fsp3) is 0.100. The Bertz CT molecular complexity index is 878. The largest absolute Gasteiger partial charge is 0.439 e. The molecule has 0 saturated carbocycles. The average Bonchev–Trinajstić information content (AvgIpc) is 3.04. The summed E-state index contributed by atoms with van der Waals surface area (Å²) in [5, 5.41) is 2.75. The number of alkyl carbamates (subject to hydrolysis) is 1. The van der Waals surface area contributed by atoms with Crippen molar-refractivity contribution in [3.63, 3.8) is 0 Å². The van der Waals surface area contributed by atoms with E-state index in [1.807, 2.05) is 12.1 Å². The normalized spacial score (nSPS) is 20.0. The van der Waals surface area contributed by atoms with E-state index in [2.05, 4.69) is 16.9 Å². The molecule has 0 radical (unpaired) electrons. The highest BCUT2D eigenvalue weighted by Crippen LogP contribution is 2.32. The van der Waals surface area contributed by atoms with Gasteiger partial charge in [0.2, 0.25) is 0 Å². The molecule has 2 aromatic rings. The van der Waals surface area contributed by atoms with Crippen molar-refractivity contribution in [2.45, 2.75) is 12.1 Å². The van der Waals surface area contributed by atoms with Crippen molar-refractivity contribution in [3.05, 3.63) is 96.2 Å². The summed E-state index contributed by atoms with van der Waals surface area (Å²) in [5.41, 5.74) is 8.35. The molecule has 1 amide bonds. The van der Waals surface area contributed by atoms with E-state index in [1.165, 1.54) is 18.3 Å². The van der Waals surface area contributed by atoms with Crippen LogP contribution in [0.15, 0.2) is 79.3 Å². The van der Waals surface area contributed by atoms with Gasteiger partial charge in [-0.2, -0.15) is 0 Å². The molecule has 26 heavy (non-hydrogen) atoms. The van der Waals surface area contributed by atoms with E-state index in [-0.39, 0.29) is 0 Å². The van der Waals surface area contributed by atoms with Crippen LogP contribution in [0.3, 0.4) is 0 Å². The number of halogens is 1. The van der Waals surface area contributed by atoms with Gasteiger partial charge < -0.3 is 15.8 Å². The summed E-state index contributed by atoms with van der Waals surface area (Å²) in [4.78, 5) is 15.9. The van der Waals surface area contributed by atoms with E-state index in [4.69, 9.17) is 10.5 Å². The van der Waals surface area contributed by atoms with Crippen molar-refractivity contribution >= 4 is 11.7 Å². The van der Waals surface area contributed by atoms with Gasteiger partial charge in [0.1, 0.15) is 5.82 Å². The molecule has 5 nitrogen and oxygen atoms in total. The maximum Gasteiger partial charge on any atom is 0.408 e. The number of carbonyl (C=O) groups excluding carboxylic acids is 1. The van der Waals surface area contributed by atoms with Gasteiger partial charge in [-0.3, -0.25) is 4.98 Å². The summed E-state index contributed by atoms with van der Waals surface area (Å²) in [6.45, 7) is 4.04. The van der Waals surface area contributed by atoms with Crippen LogP contribution in [-0.2, 0) is 4.74 Å².